The highest BCUT2D eigenvalue weighted by atomic mass is 16.5. The van der Waals surface area contributed by atoms with Gasteiger partial charge in [-0.25, -0.2) is 0 Å². The summed E-state index contributed by atoms with van der Waals surface area (Å²) in [6.45, 7) is 2.40. The molecule has 4 rings (SSSR count). The quantitative estimate of drug-likeness (QED) is 0.899. The highest BCUT2D eigenvalue weighted by Crippen LogP contribution is 2.36. The SMILES string of the molecule is CN1C(=O)C[C@@H](CNCc2ccc3c(c2)CCO3)[C@@H]1c1cnn(C)c1. The van der Waals surface area contributed by atoms with E-state index in [1.807, 2.05) is 31.4 Å². The molecule has 132 valence electrons. The lowest BCUT2D eigenvalue weighted by Crippen LogP contribution is -2.28. The van der Waals surface area contributed by atoms with E-state index in [9.17, 15) is 4.79 Å². The zero-order chi connectivity index (χ0) is 17.4. The van der Waals surface area contributed by atoms with Crippen LogP contribution in [0.3, 0.4) is 0 Å². The number of hydrogen-bond acceptors (Lipinski definition) is 4. The van der Waals surface area contributed by atoms with Gasteiger partial charge in [-0.05, 0) is 17.2 Å². The van der Waals surface area contributed by atoms with Gasteiger partial charge in [-0.3, -0.25) is 9.48 Å². The standard InChI is InChI=1S/C19H24N4O2/c1-22-12-16(11-21-22)19-15(8-18(24)23(19)2)10-20-9-13-3-4-17-14(7-13)5-6-25-17/h3-4,7,11-12,15,19-20H,5-6,8-10H2,1-2H3/t15-,19+/m0/s1. The molecule has 1 aromatic carbocycles. The van der Waals surface area contributed by atoms with Crippen LogP contribution in [0.5, 0.6) is 5.75 Å². The van der Waals surface area contributed by atoms with Crippen LogP contribution in [0.15, 0.2) is 30.6 Å². The highest BCUT2D eigenvalue weighted by molar-refractivity contribution is 5.79. The van der Waals surface area contributed by atoms with Gasteiger partial charge in [0.1, 0.15) is 5.75 Å². The average Bonchev–Trinajstić information content (AvgIpc) is 3.28. The number of carbonyl (C=O) groups is 1. The van der Waals surface area contributed by atoms with Crippen LogP contribution in [0.25, 0.3) is 0 Å². The number of aromatic nitrogens is 2. The zero-order valence-electron chi connectivity index (χ0n) is 14.7. The fraction of sp³-hybridized carbons (Fsp3) is 0.474. The predicted molar refractivity (Wildman–Crippen MR) is 94.2 cm³/mol. The van der Waals surface area contributed by atoms with Gasteiger partial charge >= 0.3 is 0 Å². The van der Waals surface area contributed by atoms with Gasteiger partial charge in [0.05, 0.1) is 18.8 Å². The third-order valence-corrected chi connectivity index (χ3v) is 5.25. The number of carbonyl (C=O) groups excluding carboxylic acids is 1. The Balaban J connectivity index is 1.40. The van der Waals surface area contributed by atoms with Crippen LogP contribution in [-0.4, -0.2) is 40.8 Å². The van der Waals surface area contributed by atoms with Crippen LogP contribution < -0.4 is 10.1 Å². The minimum Gasteiger partial charge on any atom is -0.493 e. The molecule has 0 bridgehead atoms. The number of ether oxygens (including phenoxy) is 1. The summed E-state index contributed by atoms with van der Waals surface area (Å²) in [7, 11) is 3.80. The van der Waals surface area contributed by atoms with Crippen molar-refractivity contribution in [3.05, 3.63) is 47.3 Å². The van der Waals surface area contributed by atoms with Crippen molar-refractivity contribution in [3.63, 3.8) is 0 Å². The molecule has 1 amide bonds. The Morgan fingerprint density at radius 3 is 3.04 bits per heavy atom. The topological polar surface area (TPSA) is 59.4 Å². The van der Waals surface area contributed by atoms with E-state index in [4.69, 9.17) is 4.74 Å². The maximum atomic E-state index is 12.2. The van der Waals surface area contributed by atoms with Crippen LogP contribution in [0, 0.1) is 5.92 Å². The van der Waals surface area contributed by atoms with Gasteiger partial charge in [-0.1, -0.05) is 12.1 Å². The average molecular weight is 340 g/mol. The second kappa shape index (κ2) is 6.52. The van der Waals surface area contributed by atoms with E-state index in [1.165, 1.54) is 11.1 Å². The van der Waals surface area contributed by atoms with Crippen molar-refractivity contribution >= 4 is 5.91 Å². The Bertz CT molecular complexity index is 785. The van der Waals surface area contributed by atoms with Crippen molar-refractivity contribution in [2.75, 3.05) is 20.2 Å². The van der Waals surface area contributed by atoms with Crippen molar-refractivity contribution in [2.45, 2.75) is 25.4 Å². The largest absolute Gasteiger partial charge is 0.493 e. The molecule has 0 radical (unpaired) electrons. The molecule has 2 aliphatic heterocycles. The molecule has 0 aliphatic carbocycles. The first-order chi connectivity index (χ1) is 12.1. The molecule has 6 heteroatoms. The maximum Gasteiger partial charge on any atom is 0.223 e. The van der Waals surface area contributed by atoms with Gasteiger partial charge < -0.3 is 15.0 Å². The number of nitrogens with one attached hydrogen (secondary N) is 1. The fourth-order valence-corrected chi connectivity index (χ4v) is 3.98. The first-order valence-corrected chi connectivity index (χ1v) is 8.81. The lowest BCUT2D eigenvalue weighted by Gasteiger charge is -2.24. The second-order valence-corrected chi connectivity index (χ2v) is 7.03. The minimum absolute atomic E-state index is 0.0992. The summed E-state index contributed by atoms with van der Waals surface area (Å²) in [6, 6.07) is 6.49. The summed E-state index contributed by atoms with van der Waals surface area (Å²) in [5.74, 6) is 1.48. The van der Waals surface area contributed by atoms with Crippen LogP contribution in [0.4, 0.5) is 0 Å². The highest BCUT2D eigenvalue weighted by Gasteiger charge is 2.38. The molecule has 2 aromatic rings. The fourth-order valence-electron chi connectivity index (χ4n) is 3.98. The van der Waals surface area contributed by atoms with Crippen molar-refractivity contribution < 1.29 is 9.53 Å². The van der Waals surface area contributed by atoms with Gasteiger partial charge in [-0.15, -0.1) is 0 Å². The molecule has 1 fully saturated rings. The van der Waals surface area contributed by atoms with Gasteiger partial charge in [0.2, 0.25) is 5.91 Å². The van der Waals surface area contributed by atoms with E-state index in [0.717, 1.165) is 37.4 Å². The lowest BCUT2D eigenvalue weighted by atomic mass is 9.95. The van der Waals surface area contributed by atoms with E-state index in [1.54, 1.807) is 4.68 Å². The first kappa shape index (κ1) is 16.1. The number of fused-ring (bicyclic) bond motifs is 1. The van der Waals surface area contributed by atoms with Crippen molar-refractivity contribution in [1.29, 1.82) is 0 Å². The van der Waals surface area contributed by atoms with Crippen molar-refractivity contribution in [2.24, 2.45) is 13.0 Å². The first-order valence-electron chi connectivity index (χ1n) is 8.81. The summed E-state index contributed by atoms with van der Waals surface area (Å²) in [5, 5.41) is 7.80. The molecule has 2 atom stereocenters. The van der Waals surface area contributed by atoms with Crippen LogP contribution in [0.1, 0.15) is 29.2 Å². The molecule has 1 aromatic heterocycles. The Hall–Kier alpha value is -2.34. The monoisotopic (exact) mass is 340 g/mol. The zero-order valence-corrected chi connectivity index (χ0v) is 14.7. The van der Waals surface area contributed by atoms with E-state index in [2.05, 4.69) is 28.6 Å². The lowest BCUT2D eigenvalue weighted by molar-refractivity contribution is -0.127. The van der Waals surface area contributed by atoms with E-state index >= 15 is 0 Å². The molecule has 0 spiro atoms. The molecule has 25 heavy (non-hydrogen) atoms. The van der Waals surface area contributed by atoms with E-state index < -0.39 is 0 Å². The number of benzene rings is 1. The van der Waals surface area contributed by atoms with E-state index in [0.29, 0.717) is 6.42 Å². The van der Waals surface area contributed by atoms with Crippen LogP contribution >= 0.6 is 0 Å². The van der Waals surface area contributed by atoms with Crippen LogP contribution in [-0.2, 0) is 24.8 Å². The Labute approximate surface area is 147 Å². The molecular weight excluding hydrogens is 316 g/mol. The smallest absolute Gasteiger partial charge is 0.223 e. The van der Waals surface area contributed by atoms with Gasteiger partial charge in [-0.2, -0.15) is 5.10 Å². The Morgan fingerprint density at radius 1 is 1.36 bits per heavy atom. The summed E-state index contributed by atoms with van der Waals surface area (Å²) >= 11 is 0. The van der Waals surface area contributed by atoms with Crippen molar-refractivity contribution in [1.82, 2.24) is 20.0 Å². The molecule has 3 heterocycles. The molecule has 0 unspecified atom stereocenters. The number of likely N-dealkylation sites (tertiary alicyclic amines) is 1. The summed E-state index contributed by atoms with van der Waals surface area (Å²) in [6.07, 6.45) is 5.45. The summed E-state index contributed by atoms with van der Waals surface area (Å²) in [5.41, 5.74) is 3.67. The number of aryl methyl sites for hydroxylation is 1. The van der Waals surface area contributed by atoms with Gasteiger partial charge in [0.25, 0.3) is 0 Å². The summed E-state index contributed by atoms with van der Waals surface area (Å²) < 4.78 is 7.35. The second-order valence-electron chi connectivity index (χ2n) is 7.03. The molecular formula is C19H24N4O2. The number of nitrogens with zero attached hydrogens (tertiary/aromatic N) is 3. The Kier molecular flexibility index (Phi) is 4.21. The van der Waals surface area contributed by atoms with Gasteiger partial charge in [0, 0.05) is 57.7 Å². The molecule has 0 saturated carbocycles. The van der Waals surface area contributed by atoms with E-state index in [-0.39, 0.29) is 17.9 Å². The molecule has 6 nitrogen and oxygen atoms in total. The third-order valence-electron chi connectivity index (χ3n) is 5.25. The van der Waals surface area contributed by atoms with Crippen LogP contribution in [0.2, 0.25) is 0 Å². The van der Waals surface area contributed by atoms with Gasteiger partial charge in [0.15, 0.2) is 0 Å². The maximum absolute atomic E-state index is 12.2. The molecule has 1 saturated heterocycles. The predicted octanol–water partition coefficient (Wildman–Crippen LogP) is 1.66. The third kappa shape index (κ3) is 3.14. The number of amides is 1. The van der Waals surface area contributed by atoms with Crippen molar-refractivity contribution in [3.8, 4) is 5.75 Å². The molecule has 2 aliphatic rings. The number of hydrogen-bond donors (Lipinski definition) is 1. The summed E-state index contributed by atoms with van der Waals surface area (Å²) in [4.78, 5) is 14.1. The molecule has 1 N–H and O–H groups in total. The minimum atomic E-state index is 0.0992. The Morgan fingerprint density at radius 2 is 2.24 bits per heavy atom. The number of rotatable bonds is 5. The normalized spacial score (nSPS) is 22.3.